The zero-order valence-corrected chi connectivity index (χ0v) is 11.2. The number of anilines is 1. The number of nitrogens with one attached hydrogen (secondary N) is 2. The predicted octanol–water partition coefficient (Wildman–Crippen LogP) is 0.831. The summed E-state index contributed by atoms with van der Waals surface area (Å²) in [5.74, 6) is 0.313. The van der Waals surface area contributed by atoms with Crippen LogP contribution in [0.4, 0.5) is 16.2 Å². The molecule has 0 bridgehead atoms. The smallest absolute Gasteiger partial charge is 0.319 e. The number of fused-ring (bicyclic) bond motifs is 1. The van der Waals surface area contributed by atoms with Crippen molar-refractivity contribution in [1.82, 2.24) is 5.32 Å². The normalized spacial score (nSPS) is 30.1. The number of carbonyl (C=O) groups is 1. The van der Waals surface area contributed by atoms with Crippen LogP contribution < -0.4 is 16.4 Å². The van der Waals surface area contributed by atoms with E-state index in [1.807, 2.05) is 0 Å². The SMILES string of the molecule is NC1C2CCOC2C1NC(=O)Nc1cccc([N+](=O)[O-])c1. The molecule has 1 saturated carbocycles. The molecule has 4 unspecified atom stereocenters. The molecule has 1 heterocycles. The lowest BCUT2D eigenvalue weighted by molar-refractivity contribution is -0.384. The fourth-order valence-electron chi connectivity index (χ4n) is 2.94. The average molecular weight is 292 g/mol. The van der Waals surface area contributed by atoms with E-state index in [-0.39, 0.29) is 23.9 Å². The van der Waals surface area contributed by atoms with Crippen LogP contribution >= 0.6 is 0 Å². The molecule has 2 aliphatic rings. The Bertz CT molecular complexity index is 579. The molecule has 1 saturated heterocycles. The summed E-state index contributed by atoms with van der Waals surface area (Å²) in [5.41, 5.74) is 6.28. The molecule has 1 aliphatic carbocycles. The Kier molecular flexibility index (Phi) is 3.48. The van der Waals surface area contributed by atoms with Crippen molar-refractivity contribution in [3.63, 3.8) is 0 Å². The number of non-ortho nitro benzene ring substituents is 1. The third kappa shape index (κ3) is 2.55. The zero-order valence-electron chi connectivity index (χ0n) is 11.2. The lowest BCUT2D eigenvalue weighted by atomic mass is 9.72. The maximum absolute atomic E-state index is 11.9. The summed E-state index contributed by atoms with van der Waals surface area (Å²) in [7, 11) is 0. The zero-order chi connectivity index (χ0) is 15.0. The van der Waals surface area contributed by atoms with Gasteiger partial charge < -0.3 is 21.1 Å². The van der Waals surface area contributed by atoms with E-state index in [1.54, 1.807) is 6.07 Å². The topological polar surface area (TPSA) is 120 Å². The lowest BCUT2D eigenvalue weighted by Gasteiger charge is -2.45. The molecule has 1 aromatic rings. The molecule has 2 fully saturated rings. The summed E-state index contributed by atoms with van der Waals surface area (Å²) in [6.45, 7) is 0.674. The van der Waals surface area contributed by atoms with Gasteiger partial charge in [0.05, 0.1) is 17.1 Å². The van der Waals surface area contributed by atoms with Crippen molar-refractivity contribution in [1.29, 1.82) is 0 Å². The number of urea groups is 1. The van der Waals surface area contributed by atoms with Crippen LogP contribution in [0.3, 0.4) is 0 Å². The van der Waals surface area contributed by atoms with Crippen molar-refractivity contribution in [2.24, 2.45) is 11.7 Å². The van der Waals surface area contributed by atoms with E-state index in [0.717, 1.165) is 6.42 Å². The molecule has 4 atom stereocenters. The Morgan fingerprint density at radius 2 is 2.29 bits per heavy atom. The second kappa shape index (κ2) is 5.30. The van der Waals surface area contributed by atoms with Crippen molar-refractivity contribution < 1.29 is 14.5 Å². The molecule has 4 N–H and O–H groups in total. The van der Waals surface area contributed by atoms with Crippen LogP contribution in [0.15, 0.2) is 24.3 Å². The Balaban J connectivity index is 1.59. The molecule has 21 heavy (non-hydrogen) atoms. The fourth-order valence-corrected chi connectivity index (χ4v) is 2.94. The van der Waals surface area contributed by atoms with Crippen LogP contribution in [0, 0.1) is 16.0 Å². The van der Waals surface area contributed by atoms with E-state index in [4.69, 9.17) is 10.5 Å². The molecule has 8 nitrogen and oxygen atoms in total. The van der Waals surface area contributed by atoms with Gasteiger partial charge in [-0.25, -0.2) is 4.79 Å². The second-order valence-corrected chi connectivity index (χ2v) is 5.30. The molecule has 0 aromatic heterocycles. The van der Waals surface area contributed by atoms with Crippen molar-refractivity contribution in [2.45, 2.75) is 24.6 Å². The molecule has 112 valence electrons. The van der Waals surface area contributed by atoms with E-state index in [9.17, 15) is 14.9 Å². The number of amides is 2. The molecule has 1 aliphatic heterocycles. The number of ether oxygens (including phenoxy) is 1. The third-order valence-corrected chi connectivity index (χ3v) is 4.06. The van der Waals surface area contributed by atoms with E-state index in [1.165, 1.54) is 18.2 Å². The van der Waals surface area contributed by atoms with Gasteiger partial charge in [-0.1, -0.05) is 6.07 Å². The summed E-state index contributed by atoms with van der Waals surface area (Å²) < 4.78 is 5.52. The van der Waals surface area contributed by atoms with Gasteiger partial charge in [0.1, 0.15) is 0 Å². The average Bonchev–Trinajstić information content (AvgIpc) is 2.90. The monoisotopic (exact) mass is 292 g/mol. The van der Waals surface area contributed by atoms with Crippen molar-refractivity contribution >= 4 is 17.4 Å². The summed E-state index contributed by atoms with van der Waals surface area (Å²) in [5, 5.41) is 16.0. The minimum Gasteiger partial charge on any atom is -0.376 e. The number of hydrogen-bond acceptors (Lipinski definition) is 5. The van der Waals surface area contributed by atoms with Gasteiger partial charge in [0.15, 0.2) is 0 Å². The van der Waals surface area contributed by atoms with Crippen LogP contribution in [-0.4, -0.2) is 35.7 Å². The van der Waals surface area contributed by atoms with Gasteiger partial charge in [0.2, 0.25) is 0 Å². The summed E-state index contributed by atoms with van der Waals surface area (Å²) in [6, 6.07) is 5.01. The minimum absolute atomic E-state index is 0.0177. The molecular formula is C13H16N4O4. The van der Waals surface area contributed by atoms with Crippen molar-refractivity contribution in [3.8, 4) is 0 Å². The highest BCUT2D eigenvalue weighted by molar-refractivity contribution is 5.90. The number of rotatable bonds is 3. The minimum atomic E-state index is -0.512. The Morgan fingerprint density at radius 1 is 1.48 bits per heavy atom. The highest BCUT2D eigenvalue weighted by atomic mass is 16.6. The molecule has 0 spiro atoms. The van der Waals surface area contributed by atoms with Crippen LogP contribution in [0.5, 0.6) is 0 Å². The first-order valence-corrected chi connectivity index (χ1v) is 6.75. The van der Waals surface area contributed by atoms with E-state index >= 15 is 0 Å². The Hall–Kier alpha value is -2.19. The van der Waals surface area contributed by atoms with Crippen molar-refractivity contribution in [3.05, 3.63) is 34.4 Å². The molecule has 3 rings (SSSR count). The summed E-state index contributed by atoms with van der Waals surface area (Å²) in [6.07, 6.45) is 0.909. The van der Waals surface area contributed by atoms with Gasteiger partial charge in [-0.3, -0.25) is 10.1 Å². The summed E-state index contributed by atoms with van der Waals surface area (Å²) in [4.78, 5) is 22.1. The number of nitro benzene ring substituents is 1. The number of nitrogens with zero attached hydrogens (tertiary/aromatic N) is 1. The lowest BCUT2D eigenvalue weighted by Crippen LogP contribution is -2.69. The highest BCUT2D eigenvalue weighted by Gasteiger charge is 2.52. The molecule has 0 radical (unpaired) electrons. The third-order valence-electron chi connectivity index (χ3n) is 4.06. The predicted molar refractivity (Wildman–Crippen MR) is 74.9 cm³/mol. The van der Waals surface area contributed by atoms with Crippen molar-refractivity contribution in [2.75, 3.05) is 11.9 Å². The van der Waals surface area contributed by atoms with Gasteiger partial charge in [-0.05, 0) is 12.5 Å². The quantitative estimate of drug-likeness (QED) is 0.563. The standard InChI is InChI=1S/C13H16N4O4/c14-10-9-4-5-21-12(9)11(10)16-13(18)15-7-2-1-3-8(6-7)17(19)20/h1-3,6,9-12H,4-5,14H2,(H2,15,16,18). The molecule has 2 amide bonds. The van der Waals surface area contributed by atoms with Crippen LogP contribution in [-0.2, 0) is 4.74 Å². The second-order valence-electron chi connectivity index (χ2n) is 5.30. The fraction of sp³-hybridized carbons (Fsp3) is 0.462. The maximum atomic E-state index is 11.9. The first-order valence-electron chi connectivity index (χ1n) is 6.75. The number of nitrogens with two attached hydrogens (primary N) is 1. The van der Waals surface area contributed by atoms with Crippen LogP contribution in [0.25, 0.3) is 0 Å². The van der Waals surface area contributed by atoms with Gasteiger partial charge >= 0.3 is 6.03 Å². The van der Waals surface area contributed by atoms with E-state index in [2.05, 4.69) is 10.6 Å². The first kappa shape index (κ1) is 13.8. The molecule has 8 heteroatoms. The van der Waals surface area contributed by atoms with Gasteiger partial charge in [-0.15, -0.1) is 0 Å². The Labute approximate surface area is 120 Å². The van der Waals surface area contributed by atoms with E-state index < -0.39 is 11.0 Å². The number of benzene rings is 1. The van der Waals surface area contributed by atoms with Gasteiger partial charge in [0.25, 0.3) is 5.69 Å². The summed E-state index contributed by atoms with van der Waals surface area (Å²) >= 11 is 0. The van der Waals surface area contributed by atoms with E-state index in [0.29, 0.717) is 18.2 Å². The van der Waals surface area contributed by atoms with Crippen LogP contribution in [0.1, 0.15) is 6.42 Å². The molecular weight excluding hydrogens is 276 g/mol. The number of carbonyl (C=O) groups excluding carboxylic acids is 1. The molecule has 1 aromatic carbocycles. The van der Waals surface area contributed by atoms with Gasteiger partial charge in [-0.2, -0.15) is 0 Å². The highest BCUT2D eigenvalue weighted by Crippen LogP contribution is 2.37. The Morgan fingerprint density at radius 3 is 3.05 bits per heavy atom. The van der Waals surface area contributed by atoms with Gasteiger partial charge in [0, 0.05) is 36.4 Å². The maximum Gasteiger partial charge on any atom is 0.319 e. The van der Waals surface area contributed by atoms with Crippen LogP contribution in [0.2, 0.25) is 0 Å². The number of nitro groups is 1. The number of hydrogen-bond donors (Lipinski definition) is 3. The first-order chi connectivity index (χ1) is 10.1. The largest absolute Gasteiger partial charge is 0.376 e.